The quantitative estimate of drug-likeness (QED) is 0.902. The maximum absolute atomic E-state index is 13.3. The topological polar surface area (TPSA) is 55.1 Å². The molecule has 2 heterocycles. The predicted octanol–water partition coefficient (Wildman–Crippen LogP) is 2.17. The second-order valence-electron chi connectivity index (χ2n) is 4.01. The molecule has 0 aliphatic rings. The summed E-state index contributed by atoms with van der Waals surface area (Å²) in [5.41, 5.74) is -0.00343. The number of aromatic nitrogens is 1. The molecular formula is C13H13FN2O2. The predicted molar refractivity (Wildman–Crippen MR) is 63.5 cm³/mol. The SMILES string of the molecule is CC(Cc1ccco1)NC(=O)c1ccncc1F. The van der Waals surface area contributed by atoms with Gasteiger partial charge in [-0.15, -0.1) is 0 Å². The average molecular weight is 248 g/mol. The van der Waals surface area contributed by atoms with Crippen LogP contribution < -0.4 is 5.32 Å². The van der Waals surface area contributed by atoms with Gasteiger partial charge in [-0.2, -0.15) is 0 Å². The van der Waals surface area contributed by atoms with Crippen LogP contribution in [0.5, 0.6) is 0 Å². The van der Waals surface area contributed by atoms with Crippen LogP contribution in [0, 0.1) is 5.82 Å². The van der Waals surface area contributed by atoms with Crippen molar-refractivity contribution in [2.24, 2.45) is 0 Å². The molecule has 2 rings (SSSR count). The maximum atomic E-state index is 13.3. The molecule has 1 amide bonds. The fraction of sp³-hybridized carbons (Fsp3) is 0.231. The molecule has 4 nitrogen and oxygen atoms in total. The van der Waals surface area contributed by atoms with E-state index < -0.39 is 11.7 Å². The summed E-state index contributed by atoms with van der Waals surface area (Å²) in [6, 6.07) is 4.82. The summed E-state index contributed by atoms with van der Waals surface area (Å²) < 4.78 is 18.5. The molecule has 18 heavy (non-hydrogen) atoms. The van der Waals surface area contributed by atoms with E-state index in [1.54, 1.807) is 12.3 Å². The Morgan fingerprint density at radius 1 is 1.56 bits per heavy atom. The Bertz CT molecular complexity index is 526. The van der Waals surface area contributed by atoms with Crippen LogP contribution in [0.15, 0.2) is 41.3 Å². The minimum atomic E-state index is -0.625. The van der Waals surface area contributed by atoms with Crippen LogP contribution >= 0.6 is 0 Å². The van der Waals surface area contributed by atoms with Gasteiger partial charge < -0.3 is 9.73 Å². The molecule has 5 heteroatoms. The number of pyridine rings is 1. The summed E-state index contributed by atoms with van der Waals surface area (Å²) in [7, 11) is 0. The number of hydrogen-bond donors (Lipinski definition) is 1. The number of hydrogen-bond acceptors (Lipinski definition) is 3. The van der Waals surface area contributed by atoms with E-state index in [1.165, 1.54) is 12.3 Å². The summed E-state index contributed by atoms with van der Waals surface area (Å²) in [4.78, 5) is 15.4. The first kappa shape index (κ1) is 12.3. The molecule has 0 saturated carbocycles. The monoisotopic (exact) mass is 248 g/mol. The van der Waals surface area contributed by atoms with E-state index in [0.29, 0.717) is 6.42 Å². The van der Waals surface area contributed by atoms with Gasteiger partial charge >= 0.3 is 0 Å². The van der Waals surface area contributed by atoms with Crippen LogP contribution in [0.1, 0.15) is 23.0 Å². The molecule has 2 aromatic heterocycles. The first-order valence-corrected chi connectivity index (χ1v) is 5.59. The summed E-state index contributed by atoms with van der Waals surface area (Å²) in [5.74, 6) is -0.299. The first-order valence-electron chi connectivity index (χ1n) is 5.59. The van der Waals surface area contributed by atoms with Crippen LogP contribution in [0.2, 0.25) is 0 Å². The van der Waals surface area contributed by atoms with Crippen molar-refractivity contribution in [1.82, 2.24) is 10.3 Å². The minimum absolute atomic E-state index is 0.00343. The van der Waals surface area contributed by atoms with Gasteiger partial charge in [0.05, 0.1) is 18.0 Å². The highest BCUT2D eigenvalue weighted by Crippen LogP contribution is 2.07. The van der Waals surface area contributed by atoms with Crippen molar-refractivity contribution >= 4 is 5.91 Å². The standard InChI is InChI=1S/C13H13FN2O2/c1-9(7-10-3-2-6-18-10)16-13(17)11-4-5-15-8-12(11)14/h2-6,8-9H,7H2,1H3,(H,16,17). The van der Waals surface area contributed by atoms with E-state index in [0.717, 1.165) is 12.0 Å². The number of amides is 1. The molecule has 2 aromatic rings. The third kappa shape index (κ3) is 2.94. The fourth-order valence-electron chi connectivity index (χ4n) is 1.64. The Kier molecular flexibility index (Phi) is 3.72. The molecule has 94 valence electrons. The Morgan fingerprint density at radius 2 is 2.39 bits per heavy atom. The van der Waals surface area contributed by atoms with Crippen molar-refractivity contribution in [2.45, 2.75) is 19.4 Å². The lowest BCUT2D eigenvalue weighted by Gasteiger charge is -2.12. The van der Waals surface area contributed by atoms with E-state index in [9.17, 15) is 9.18 Å². The first-order chi connectivity index (χ1) is 8.66. The van der Waals surface area contributed by atoms with Gasteiger partial charge in [0.2, 0.25) is 0 Å². The molecule has 0 bridgehead atoms. The molecule has 0 fully saturated rings. The van der Waals surface area contributed by atoms with Crippen LogP contribution in [0.4, 0.5) is 4.39 Å². The summed E-state index contributed by atoms with van der Waals surface area (Å²) in [6.07, 6.45) is 4.54. The number of carbonyl (C=O) groups is 1. The van der Waals surface area contributed by atoms with E-state index in [1.807, 2.05) is 13.0 Å². The highest BCUT2D eigenvalue weighted by Gasteiger charge is 2.14. The van der Waals surface area contributed by atoms with Crippen molar-refractivity contribution in [1.29, 1.82) is 0 Å². The molecule has 1 N–H and O–H groups in total. The number of carbonyl (C=O) groups excluding carboxylic acids is 1. The Balaban J connectivity index is 1.97. The number of nitrogens with zero attached hydrogens (tertiary/aromatic N) is 1. The van der Waals surface area contributed by atoms with Gasteiger partial charge in [0, 0.05) is 18.7 Å². The molecule has 0 aliphatic carbocycles. The van der Waals surface area contributed by atoms with Gasteiger partial charge in [-0.05, 0) is 25.1 Å². The molecule has 1 atom stereocenters. The molecular weight excluding hydrogens is 235 g/mol. The second-order valence-corrected chi connectivity index (χ2v) is 4.01. The molecule has 0 aliphatic heterocycles. The minimum Gasteiger partial charge on any atom is -0.469 e. The molecule has 0 saturated heterocycles. The van der Waals surface area contributed by atoms with Crippen molar-refractivity contribution in [2.75, 3.05) is 0 Å². The van der Waals surface area contributed by atoms with Crippen LogP contribution in [0.3, 0.4) is 0 Å². The lowest BCUT2D eigenvalue weighted by Crippen LogP contribution is -2.34. The molecule has 0 radical (unpaired) electrons. The van der Waals surface area contributed by atoms with Gasteiger partial charge in [0.1, 0.15) is 5.76 Å². The van der Waals surface area contributed by atoms with E-state index in [2.05, 4.69) is 10.3 Å². The third-order valence-corrected chi connectivity index (χ3v) is 2.48. The lowest BCUT2D eigenvalue weighted by atomic mass is 10.1. The van der Waals surface area contributed by atoms with Crippen LogP contribution in [-0.4, -0.2) is 16.9 Å². The van der Waals surface area contributed by atoms with Crippen molar-refractivity contribution in [3.8, 4) is 0 Å². The smallest absolute Gasteiger partial charge is 0.254 e. The number of halogens is 1. The maximum Gasteiger partial charge on any atom is 0.254 e. The molecule has 0 spiro atoms. The number of rotatable bonds is 4. The largest absolute Gasteiger partial charge is 0.469 e. The Morgan fingerprint density at radius 3 is 3.06 bits per heavy atom. The second kappa shape index (κ2) is 5.44. The van der Waals surface area contributed by atoms with Gasteiger partial charge in [0.15, 0.2) is 5.82 Å². The van der Waals surface area contributed by atoms with Gasteiger partial charge in [-0.25, -0.2) is 4.39 Å². The normalized spacial score (nSPS) is 12.1. The van der Waals surface area contributed by atoms with Gasteiger partial charge in [0.25, 0.3) is 5.91 Å². The third-order valence-electron chi connectivity index (χ3n) is 2.48. The van der Waals surface area contributed by atoms with Crippen LogP contribution in [-0.2, 0) is 6.42 Å². The van der Waals surface area contributed by atoms with Crippen molar-refractivity contribution < 1.29 is 13.6 Å². The average Bonchev–Trinajstić information content (AvgIpc) is 2.82. The van der Waals surface area contributed by atoms with Crippen molar-refractivity contribution in [3.05, 3.63) is 54.0 Å². The summed E-state index contributed by atoms with van der Waals surface area (Å²) >= 11 is 0. The van der Waals surface area contributed by atoms with E-state index >= 15 is 0 Å². The zero-order valence-corrected chi connectivity index (χ0v) is 9.89. The Labute approximate surface area is 104 Å². The highest BCUT2D eigenvalue weighted by atomic mass is 19.1. The molecule has 0 aromatic carbocycles. The lowest BCUT2D eigenvalue weighted by molar-refractivity contribution is 0.0935. The zero-order valence-electron chi connectivity index (χ0n) is 9.89. The van der Waals surface area contributed by atoms with E-state index in [-0.39, 0.29) is 11.6 Å². The van der Waals surface area contributed by atoms with Gasteiger partial charge in [-0.3, -0.25) is 9.78 Å². The highest BCUT2D eigenvalue weighted by molar-refractivity contribution is 5.94. The Hall–Kier alpha value is -2.17. The van der Waals surface area contributed by atoms with Crippen molar-refractivity contribution in [3.63, 3.8) is 0 Å². The van der Waals surface area contributed by atoms with Crippen LogP contribution in [0.25, 0.3) is 0 Å². The number of furan rings is 1. The molecule has 1 unspecified atom stereocenters. The summed E-state index contributed by atoms with van der Waals surface area (Å²) in [6.45, 7) is 1.83. The zero-order chi connectivity index (χ0) is 13.0. The summed E-state index contributed by atoms with van der Waals surface area (Å²) in [5, 5.41) is 2.71. The van der Waals surface area contributed by atoms with E-state index in [4.69, 9.17) is 4.42 Å². The fourth-order valence-corrected chi connectivity index (χ4v) is 1.64. The van der Waals surface area contributed by atoms with Gasteiger partial charge in [-0.1, -0.05) is 0 Å². The number of nitrogens with one attached hydrogen (secondary N) is 1.